The van der Waals surface area contributed by atoms with Gasteiger partial charge in [-0.05, 0) is 45.0 Å². The topological polar surface area (TPSA) is 67.4 Å². The molecule has 0 amide bonds. The summed E-state index contributed by atoms with van der Waals surface area (Å²) in [6, 6.07) is 6.11. The number of guanidine groups is 1. The van der Waals surface area contributed by atoms with Crippen molar-refractivity contribution in [3.8, 4) is 11.5 Å². The zero-order chi connectivity index (χ0) is 19.5. The third-order valence-electron chi connectivity index (χ3n) is 4.38. The van der Waals surface area contributed by atoms with Crippen molar-refractivity contribution in [1.29, 1.82) is 0 Å². The average molecular weight is 506 g/mol. The Balaban J connectivity index is 0.00000392. The minimum absolute atomic E-state index is 0. The first kappa shape index (κ1) is 24.8. The van der Waals surface area contributed by atoms with Crippen LogP contribution in [0.15, 0.2) is 23.2 Å². The van der Waals surface area contributed by atoms with Crippen molar-refractivity contribution in [3.63, 3.8) is 0 Å². The quantitative estimate of drug-likeness (QED) is 0.304. The Bertz CT molecular complexity index is 601. The molecule has 1 aliphatic rings. The summed E-state index contributed by atoms with van der Waals surface area (Å²) in [7, 11) is 3.91. The van der Waals surface area contributed by atoms with Crippen LogP contribution in [0.5, 0.6) is 11.5 Å². The van der Waals surface area contributed by atoms with Gasteiger partial charge in [0, 0.05) is 33.2 Å². The van der Waals surface area contributed by atoms with Gasteiger partial charge in [0.2, 0.25) is 0 Å². The Kier molecular flexibility index (Phi) is 12.2. The van der Waals surface area contributed by atoms with Crippen molar-refractivity contribution in [2.75, 3.05) is 60.1 Å². The number of rotatable bonds is 9. The van der Waals surface area contributed by atoms with Crippen molar-refractivity contribution in [2.45, 2.75) is 26.4 Å². The second-order valence-electron chi connectivity index (χ2n) is 6.53. The summed E-state index contributed by atoms with van der Waals surface area (Å²) < 4.78 is 17.1. The predicted molar refractivity (Wildman–Crippen MR) is 125 cm³/mol. The van der Waals surface area contributed by atoms with E-state index in [9.17, 15) is 0 Å². The lowest BCUT2D eigenvalue weighted by atomic mass is 10.1. The highest BCUT2D eigenvalue weighted by molar-refractivity contribution is 14.0. The molecule has 0 saturated carbocycles. The number of likely N-dealkylation sites (N-methyl/N-ethyl adjacent to an activating group) is 1. The van der Waals surface area contributed by atoms with Gasteiger partial charge in [0.1, 0.15) is 0 Å². The van der Waals surface area contributed by atoms with Gasteiger partial charge in [0.25, 0.3) is 0 Å². The second-order valence-corrected chi connectivity index (χ2v) is 6.53. The monoisotopic (exact) mass is 506 g/mol. The first-order chi connectivity index (χ1) is 13.2. The molecule has 1 aliphatic heterocycles. The third-order valence-corrected chi connectivity index (χ3v) is 4.38. The van der Waals surface area contributed by atoms with Crippen LogP contribution in [0.25, 0.3) is 0 Å². The van der Waals surface area contributed by atoms with E-state index in [1.165, 1.54) is 5.56 Å². The fourth-order valence-electron chi connectivity index (χ4n) is 3.00. The molecule has 0 aromatic heterocycles. The molecular weight excluding hydrogens is 471 g/mol. The maximum atomic E-state index is 5.77. The number of aliphatic imine (C=N–C) groups is 1. The summed E-state index contributed by atoms with van der Waals surface area (Å²) in [5.41, 5.74) is 1.20. The van der Waals surface area contributed by atoms with E-state index >= 15 is 0 Å². The molecule has 28 heavy (non-hydrogen) atoms. The number of halogens is 1. The normalized spacial score (nSPS) is 17.6. The fraction of sp³-hybridized carbons (Fsp3) is 0.650. The van der Waals surface area contributed by atoms with Crippen molar-refractivity contribution >= 4 is 29.9 Å². The maximum Gasteiger partial charge on any atom is 0.191 e. The lowest BCUT2D eigenvalue weighted by Gasteiger charge is -2.30. The molecule has 0 spiro atoms. The molecule has 0 bridgehead atoms. The largest absolute Gasteiger partial charge is 0.490 e. The minimum atomic E-state index is 0. The van der Waals surface area contributed by atoms with Gasteiger partial charge in [0.05, 0.1) is 25.9 Å². The summed E-state index contributed by atoms with van der Waals surface area (Å²) in [5.74, 6) is 2.40. The Labute approximate surface area is 186 Å². The van der Waals surface area contributed by atoms with E-state index in [0.29, 0.717) is 13.2 Å². The lowest BCUT2D eigenvalue weighted by Crippen LogP contribution is -2.48. The van der Waals surface area contributed by atoms with Crippen LogP contribution in [-0.2, 0) is 11.2 Å². The molecule has 1 unspecified atom stereocenters. The van der Waals surface area contributed by atoms with Gasteiger partial charge in [-0.3, -0.25) is 4.99 Å². The van der Waals surface area contributed by atoms with E-state index in [4.69, 9.17) is 14.2 Å². The SMILES string of the molecule is CCOc1ccc(CCNC(=NC)NCC2CN(C)CCO2)cc1OCC.I. The molecular formula is C20H35IN4O3. The number of ether oxygens (including phenoxy) is 3. The second kappa shape index (κ2) is 13.8. The number of hydrogen-bond acceptors (Lipinski definition) is 5. The first-order valence-corrected chi connectivity index (χ1v) is 9.79. The number of benzene rings is 1. The van der Waals surface area contributed by atoms with E-state index < -0.39 is 0 Å². The van der Waals surface area contributed by atoms with Crippen molar-refractivity contribution in [2.24, 2.45) is 4.99 Å². The van der Waals surface area contributed by atoms with Crippen LogP contribution in [0.4, 0.5) is 0 Å². The van der Waals surface area contributed by atoms with Crippen LogP contribution in [-0.4, -0.2) is 77.1 Å². The molecule has 2 rings (SSSR count). The van der Waals surface area contributed by atoms with Gasteiger partial charge in [0.15, 0.2) is 17.5 Å². The molecule has 7 nitrogen and oxygen atoms in total. The number of nitrogens with zero attached hydrogens (tertiary/aromatic N) is 2. The van der Waals surface area contributed by atoms with Gasteiger partial charge in [-0.1, -0.05) is 6.07 Å². The molecule has 1 fully saturated rings. The lowest BCUT2D eigenvalue weighted by molar-refractivity contribution is -0.0161. The average Bonchev–Trinajstić information content (AvgIpc) is 2.67. The van der Waals surface area contributed by atoms with E-state index in [0.717, 1.165) is 56.7 Å². The molecule has 0 aliphatic carbocycles. The molecule has 160 valence electrons. The molecule has 0 radical (unpaired) electrons. The van der Waals surface area contributed by atoms with Crippen LogP contribution in [0, 0.1) is 0 Å². The standard InChI is InChI=1S/C20H34N4O3.HI/c1-5-25-18-8-7-16(13-19(18)26-6-2)9-10-22-20(21-3)23-14-17-15-24(4)11-12-27-17;/h7-8,13,17H,5-6,9-12,14-15H2,1-4H3,(H2,21,22,23);1H. The van der Waals surface area contributed by atoms with Crippen LogP contribution >= 0.6 is 24.0 Å². The summed E-state index contributed by atoms with van der Waals surface area (Å²) in [6.07, 6.45) is 1.07. The molecule has 1 saturated heterocycles. The van der Waals surface area contributed by atoms with Crippen LogP contribution in [0.3, 0.4) is 0 Å². The highest BCUT2D eigenvalue weighted by Crippen LogP contribution is 2.28. The summed E-state index contributed by atoms with van der Waals surface area (Å²) >= 11 is 0. The Morgan fingerprint density at radius 2 is 1.96 bits per heavy atom. The van der Waals surface area contributed by atoms with Crippen LogP contribution in [0.2, 0.25) is 0 Å². The smallest absolute Gasteiger partial charge is 0.191 e. The highest BCUT2D eigenvalue weighted by Gasteiger charge is 2.17. The fourth-order valence-corrected chi connectivity index (χ4v) is 3.00. The van der Waals surface area contributed by atoms with Crippen LogP contribution < -0.4 is 20.1 Å². The van der Waals surface area contributed by atoms with Gasteiger partial charge >= 0.3 is 0 Å². The van der Waals surface area contributed by atoms with E-state index in [-0.39, 0.29) is 30.1 Å². The molecule has 2 N–H and O–H groups in total. The van der Waals surface area contributed by atoms with Gasteiger partial charge in [-0.25, -0.2) is 0 Å². The number of nitrogens with one attached hydrogen (secondary N) is 2. The molecule has 1 atom stereocenters. The van der Waals surface area contributed by atoms with E-state index in [1.54, 1.807) is 7.05 Å². The number of hydrogen-bond donors (Lipinski definition) is 2. The summed E-state index contributed by atoms with van der Waals surface area (Å²) in [4.78, 5) is 6.57. The van der Waals surface area contributed by atoms with Crippen molar-refractivity contribution < 1.29 is 14.2 Å². The van der Waals surface area contributed by atoms with Crippen molar-refractivity contribution in [3.05, 3.63) is 23.8 Å². The summed E-state index contributed by atoms with van der Waals surface area (Å²) in [6.45, 7) is 9.46. The van der Waals surface area contributed by atoms with Crippen LogP contribution in [0.1, 0.15) is 19.4 Å². The van der Waals surface area contributed by atoms with E-state index in [1.807, 2.05) is 19.9 Å². The zero-order valence-corrected chi connectivity index (χ0v) is 19.8. The molecule has 1 heterocycles. The van der Waals surface area contributed by atoms with E-state index in [2.05, 4.69) is 39.7 Å². The number of morpholine rings is 1. The summed E-state index contributed by atoms with van der Waals surface area (Å²) in [5, 5.41) is 6.70. The Morgan fingerprint density at radius 1 is 1.21 bits per heavy atom. The third kappa shape index (κ3) is 8.40. The van der Waals surface area contributed by atoms with Gasteiger partial charge in [-0.15, -0.1) is 24.0 Å². The Hall–Kier alpha value is -1.26. The Morgan fingerprint density at radius 3 is 2.64 bits per heavy atom. The molecule has 8 heteroatoms. The first-order valence-electron chi connectivity index (χ1n) is 9.79. The molecule has 1 aromatic carbocycles. The van der Waals surface area contributed by atoms with Gasteiger partial charge in [-0.2, -0.15) is 0 Å². The predicted octanol–water partition coefficient (Wildman–Crippen LogP) is 2.14. The molecule has 1 aromatic rings. The zero-order valence-electron chi connectivity index (χ0n) is 17.5. The minimum Gasteiger partial charge on any atom is -0.490 e. The highest BCUT2D eigenvalue weighted by atomic mass is 127. The van der Waals surface area contributed by atoms with Gasteiger partial charge < -0.3 is 29.7 Å². The van der Waals surface area contributed by atoms with Crippen molar-refractivity contribution in [1.82, 2.24) is 15.5 Å². The maximum absolute atomic E-state index is 5.77.